The van der Waals surface area contributed by atoms with E-state index in [4.69, 9.17) is 32.9 Å². The number of piperidine rings is 1. The Balaban J connectivity index is 1.34. The molecule has 0 bridgehead atoms. The Morgan fingerprint density at radius 1 is 1.10 bits per heavy atom. The van der Waals surface area contributed by atoms with E-state index in [2.05, 4.69) is 15.2 Å². The molecule has 1 aromatic carbocycles. The van der Waals surface area contributed by atoms with E-state index in [0.717, 1.165) is 80.8 Å². The highest BCUT2D eigenvalue weighted by Gasteiger charge is 2.34. The maximum Gasteiger partial charge on any atom is 0.347 e. The van der Waals surface area contributed by atoms with Gasteiger partial charge in [-0.05, 0) is 42.5 Å². The van der Waals surface area contributed by atoms with E-state index in [-0.39, 0.29) is 0 Å². The lowest BCUT2D eigenvalue weighted by molar-refractivity contribution is -0.354. The topological polar surface area (TPSA) is 68.6 Å². The van der Waals surface area contributed by atoms with E-state index >= 15 is 0 Å². The first kappa shape index (κ1) is 21.4. The molecule has 9 heteroatoms. The fourth-order valence-corrected chi connectivity index (χ4v) is 6.63. The molecule has 0 radical (unpaired) electrons. The molecule has 2 aromatic rings. The number of ether oxygens (including phenoxy) is 1. The molecule has 0 amide bonds. The summed E-state index contributed by atoms with van der Waals surface area (Å²) in [6.07, 6.45) is 4.71. The van der Waals surface area contributed by atoms with Crippen LogP contribution in [0, 0.1) is 0 Å². The summed E-state index contributed by atoms with van der Waals surface area (Å²) in [7, 11) is -0.993. The number of aryl methyl sites for hydroxylation is 1. The van der Waals surface area contributed by atoms with Crippen LogP contribution in [0.2, 0.25) is 10.0 Å². The van der Waals surface area contributed by atoms with Crippen molar-refractivity contribution < 1.29 is 13.9 Å². The molecule has 1 aromatic heterocycles. The Bertz CT molecular complexity index is 971. The number of aromatic nitrogens is 2. The van der Waals surface area contributed by atoms with Gasteiger partial charge in [-0.2, -0.15) is 0 Å². The Morgan fingerprint density at radius 2 is 1.81 bits per heavy atom. The van der Waals surface area contributed by atoms with Crippen molar-refractivity contribution in [1.29, 1.82) is 0 Å². The van der Waals surface area contributed by atoms with Crippen LogP contribution >= 0.6 is 23.2 Å². The number of halogens is 2. The molecule has 3 aliphatic rings. The first-order valence-electron chi connectivity index (χ1n) is 11.0. The number of benzene rings is 1. The van der Waals surface area contributed by atoms with Gasteiger partial charge in [-0.3, -0.25) is 9.11 Å². The van der Waals surface area contributed by atoms with Gasteiger partial charge in [0, 0.05) is 48.3 Å². The average Bonchev–Trinajstić information content (AvgIpc) is 3.15. The third-order valence-corrected chi connectivity index (χ3v) is 8.35. The Labute approximate surface area is 195 Å². The quantitative estimate of drug-likeness (QED) is 0.718. The lowest BCUT2D eigenvalue weighted by Gasteiger charge is -2.29. The summed E-state index contributed by atoms with van der Waals surface area (Å²) in [6, 6.07) is 6.17. The molecule has 4 heterocycles. The number of nitrogens with one attached hydrogen (secondary N) is 2. The number of hydrogen-bond donors (Lipinski definition) is 1. The third kappa shape index (κ3) is 4.70. The standard InChI is InChI=1S/C22H26Cl2N4O2S/c23-16-11-15(12-17(24)13-16)14-1-6-28(7-2-14)22-26-19-5-10-31(29)20(19)21(27-22)25-18-3-8-30-9-4-18/h11-14,18H,1-10H2,(H,25,26,27)/p+1. The van der Waals surface area contributed by atoms with Crippen molar-refractivity contribution in [3.63, 3.8) is 0 Å². The lowest BCUT2D eigenvalue weighted by Crippen LogP contribution is -2.39. The molecule has 3 aliphatic heterocycles. The Hall–Kier alpha value is -1.41. The minimum Gasteiger partial charge on any atom is -0.381 e. The number of aromatic amines is 1. The summed E-state index contributed by atoms with van der Waals surface area (Å²) < 4.78 is 18.1. The molecule has 5 rings (SSSR count). The second-order valence-electron chi connectivity index (χ2n) is 8.51. The predicted molar refractivity (Wildman–Crippen MR) is 124 cm³/mol. The fourth-order valence-electron chi connectivity index (χ4n) is 4.76. The minimum atomic E-state index is -0.993. The van der Waals surface area contributed by atoms with Gasteiger partial charge in [0.1, 0.15) is 10.6 Å². The molecular weight excluding hydrogens is 455 g/mol. The van der Waals surface area contributed by atoms with Gasteiger partial charge in [-0.1, -0.05) is 23.2 Å². The molecular formula is C22H27Cl2N4O2S+. The van der Waals surface area contributed by atoms with Gasteiger partial charge in [0.05, 0.1) is 29.9 Å². The maximum absolute atomic E-state index is 12.6. The molecule has 0 saturated carbocycles. The zero-order chi connectivity index (χ0) is 21.4. The van der Waals surface area contributed by atoms with Gasteiger partial charge in [-0.25, -0.2) is 4.98 Å². The molecule has 2 N–H and O–H groups in total. The second kappa shape index (κ2) is 9.22. The van der Waals surface area contributed by atoms with Crippen LogP contribution in [0.25, 0.3) is 0 Å². The van der Waals surface area contributed by atoms with Crippen LogP contribution < -0.4 is 15.2 Å². The maximum atomic E-state index is 12.6. The van der Waals surface area contributed by atoms with Gasteiger partial charge in [-0.15, -0.1) is 4.98 Å². The van der Waals surface area contributed by atoms with Gasteiger partial charge in [0.2, 0.25) is 5.82 Å². The van der Waals surface area contributed by atoms with Crippen LogP contribution in [0.15, 0.2) is 23.1 Å². The third-order valence-electron chi connectivity index (χ3n) is 6.44. The lowest BCUT2D eigenvalue weighted by atomic mass is 9.89. The molecule has 0 spiro atoms. The molecule has 6 nitrogen and oxygen atoms in total. The van der Waals surface area contributed by atoms with Crippen LogP contribution in [0.3, 0.4) is 0 Å². The Kier molecular flexibility index (Phi) is 6.37. The van der Waals surface area contributed by atoms with Gasteiger partial charge >= 0.3 is 5.95 Å². The predicted octanol–water partition coefficient (Wildman–Crippen LogP) is 3.84. The number of fused-ring (bicyclic) bond motifs is 1. The van der Waals surface area contributed by atoms with Crippen LogP contribution in [-0.2, 0) is 22.0 Å². The Morgan fingerprint density at radius 3 is 2.52 bits per heavy atom. The first-order valence-corrected chi connectivity index (χ1v) is 13.0. The number of hydrogen-bond acceptors (Lipinski definition) is 5. The number of nitrogens with zero attached hydrogens (tertiary/aromatic N) is 2. The summed E-state index contributed by atoms with van der Waals surface area (Å²) in [5.74, 6) is 2.84. The highest BCUT2D eigenvalue weighted by Crippen LogP contribution is 2.34. The van der Waals surface area contributed by atoms with Crippen molar-refractivity contribution in [2.24, 2.45) is 0 Å². The molecule has 2 fully saturated rings. The second-order valence-corrected chi connectivity index (χ2v) is 10.9. The zero-order valence-electron chi connectivity index (χ0n) is 17.3. The fraction of sp³-hybridized carbons (Fsp3) is 0.545. The van der Waals surface area contributed by atoms with Crippen LogP contribution in [0.5, 0.6) is 0 Å². The number of anilines is 2. The SMILES string of the molecule is O=S1CCc2nc(N3CCC(c4cc(Cl)cc(Cl)c4)CC3)[nH+]c(NC3CCOCC3)c21. The van der Waals surface area contributed by atoms with Crippen molar-refractivity contribution in [2.75, 3.05) is 42.3 Å². The van der Waals surface area contributed by atoms with Gasteiger partial charge in [0.25, 0.3) is 0 Å². The number of H-pyrrole nitrogens is 1. The average molecular weight is 482 g/mol. The molecule has 1 atom stereocenters. The monoisotopic (exact) mass is 481 g/mol. The van der Waals surface area contributed by atoms with E-state index in [0.29, 0.717) is 27.8 Å². The van der Waals surface area contributed by atoms with E-state index in [9.17, 15) is 4.21 Å². The van der Waals surface area contributed by atoms with Crippen LogP contribution in [-0.4, -0.2) is 47.3 Å². The highest BCUT2D eigenvalue weighted by molar-refractivity contribution is 7.85. The molecule has 0 aliphatic carbocycles. The molecule has 166 valence electrons. The van der Waals surface area contributed by atoms with Crippen molar-refractivity contribution in [1.82, 2.24) is 4.98 Å². The zero-order valence-corrected chi connectivity index (χ0v) is 19.7. The minimum absolute atomic E-state index is 0.334. The highest BCUT2D eigenvalue weighted by atomic mass is 35.5. The van der Waals surface area contributed by atoms with Crippen LogP contribution in [0.4, 0.5) is 11.8 Å². The normalized spacial score (nSPS) is 22.5. The summed E-state index contributed by atoms with van der Waals surface area (Å²) >= 11 is 12.4. The van der Waals surface area contributed by atoms with Gasteiger partial charge < -0.3 is 10.1 Å². The van der Waals surface area contributed by atoms with Gasteiger partial charge in [0.15, 0.2) is 0 Å². The molecule has 2 saturated heterocycles. The summed E-state index contributed by atoms with van der Waals surface area (Å²) in [5.41, 5.74) is 2.17. The summed E-state index contributed by atoms with van der Waals surface area (Å²) in [6.45, 7) is 3.33. The van der Waals surface area contributed by atoms with Crippen LogP contribution in [0.1, 0.15) is 42.9 Å². The van der Waals surface area contributed by atoms with Crippen molar-refractivity contribution in [3.05, 3.63) is 39.5 Å². The number of rotatable bonds is 4. The van der Waals surface area contributed by atoms with Crippen molar-refractivity contribution in [2.45, 2.75) is 49.0 Å². The van der Waals surface area contributed by atoms with Crippen molar-refractivity contribution >= 4 is 45.8 Å². The van der Waals surface area contributed by atoms with Crippen molar-refractivity contribution in [3.8, 4) is 0 Å². The smallest absolute Gasteiger partial charge is 0.347 e. The summed E-state index contributed by atoms with van der Waals surface area (Å²) in [4.78, 5) is 11.5. The molecule has 1 unspecified atom stereocenters. The largest absolute Gasteiger partial charge is 0.381 e. The molecule has 31 heavy (non-hydrogen) atoms. The van der Waals surface area contributed by atoms with E-state index in [1.54, 1.807) is 6.07 Å². The van der Waals surface area contributed by atoms with E-state index in [1.165, 1.54) is 5.56 Å². The van der Waals surface area contributed by atoms with E-state index < -0.39 is 10.8 Å². The summed E-state index contributed by atoms with van der Waals surface area (Å²) in [5, 5.41) is 4.99. The first-order chi connectivity index (χ1) is 15.1. The van der Waals surface area contributed by atoms with E-state index in [1.807, 2.05) is 12.1 Å².